The minimum atomic E-state index is -3.48. The highest BCUT2D eigenvalue weighted by atomic mass is 127. The second kappa shape index (κ2) is 10.6. The molecule has 0 aromatic heterocycles. The van der Waals surface area contributed by atoms with Gasteiger partial charge in [-0.05, 0) is 55.8 Å². The molecule has 0 heterocycles. The molecule has 2 rings (SSSR count). The zero-order valence-corrected chi connectivity index (χ0v) is 19.6. The SMILES string of the molecule is COc1ccc(NC(N)=NCc2ccc(S(=O)(=O)N(C)C(C)C)cc2)cc1.I. The molecule has 0 spiro atoms. The third-order valence-electron chi connectivity index (χ3n) is 4.12. The van der Waals surface area contributed by atoms with Gasteiger partial charge in [-0.2, -0.15) is 4.31 Å². The first-order valence-electron chi connectivity index (χ1n) is 8.52. The molecule has 0 bridgehead atoms. The maximum Gasteiger partial charge on any atom is 0.243 e. The van der Waals surface area contributed by atoms with Gasteiger partial charge < -0.3 is 15.8 Å². The molecule has 28 heavy (non-hydrogen) atoms. The van der Waals surface area contributed by atoms with Gasteiger partial charge in [0.15, 0.2) is 5.96 Å². The van der Waals surface area contributed by atoms with Gasteiger partial charge >= 0.3 is 0 Å². The highest BCUT2D eigenvalue weighted by Crippen LogP contribution is 2.18. The lowest BCUT2D eigenvalue weighted by Gasteiger charge is -2.21. The van der Waals surface area contributed by atoms with Crippen molar-refractivity contribution in [1.82, 2.24) is 4.31 Å². The molecule has 9 heteroatoms. The lowest BCUT2D eigenvalue weighted by atomic mass is 10.2. The number of nitrogens with two attached hydrogens (primary N) is 1. The molecule has 2 aromatic carbocycles. The Bertz CT molecular complexity index is 882. The summed E-state index contributed by atoms with van der Waals surface area (Å²) < 4.78 is 31.4. The fraction of sp³-hybridized carbons (Fsp3) is 0.316. The van der Waals surface area contributed by atoms with Gasteiger partial charge in [-0.25, -0.2) is 13.4 Å². The van der Waals surface area contributed by atoms with Crippen LogP contribution in [0.2, 0.25) is 0 Å². The first-order valence-corrected chi connectivity index (χ1v) is 9.96. The van der Waals surface area contributed by atoms with Crippen LogP contribution in [0.5, 0.6) is 5.75 Å². The second-order valence-corrected chi connectivity index (χ2v) is 8.31. The van der Waals surface area contributed by atoms with Crippen molar-refractivity contribution in [3.8, 4) is 5.75 Å². The molecule has 2 aromatic rings. The van der Waals surface area contributed by atoms with E-state index in [9.17, 15) is 8.42 Å². The van der Waals surface area contributed by atoms with Gasteiger partial charge in [-0.1, -0.05) is 12.1 Å². The molecule has 3 N–H and O–H groups in total. The largest absolute Gasteiger partial charge is 0.497 e. The van der Waals surface area contributed by atoms with Crippen LogP contribution < -0.4 is 15.8 Å². The van der Waals surface area contributed by atoms with E-state index in [4.69, 9.17) is 10.5 Å². The van der Waals surface area contributed by atoms with Crippen molar-refractivity contribution in [2.75, 3.05) is 19.5 Å². The number of aliphatic imine (C=N–C) groups is 1. The minimum absolute atomic E-state index is 0. The van der Waals surface area contributed by atoms with Crippen molar-refractivity contribution >= 4 is 45.6 Å². The summed E-state index contributed by atoms with van der Waals surface area (Å²) in [5.41, 5.74) is 7.56. The van der Waals surface area contributed by atoms with Crippen LogP contribution in [0, 0.1) is 0 Å². The Hall–Kier alpha value is -1.85. The van der Waals surface area contributed by atoms with Crippen LogP contribution >= 0.6 is 24.0 Å². The molecule has 0 fully saturated rings. The Morgan fingerprint density at radius 1 is 1.14 bits per heavy atom. The molecule has 0 amide bonds. The van der Waals surface area contributed by atoms with Gasteiger partial charge in [0.25, 0.3) is 0 Å². The summed E-state index contributed by atoms with van der Waals surface area (Å²) in [6.07, 6.45) is 0. The number of nitrogens with one attached hydrogen (secondary N) is 1. The Kier molecular flexibility index (Phi) is 9.18. The lowest BCUT2D eigenvalue weighted by molar-refractivity contribution is 0.410. The molecule has 0 aliphatic rings. The summed E-state index contributed by atoms with van der Waals surface area (Å²) >= 11 is 0. The van der Waals surface area contributed by atoms with Crippen molar-refractivity contribution in [1.29, 1.82) is 0 Å². The number of methoxy groups -OCH3 is 1. The Morgan fingerprint density at radius 2 is 1.71 bits per heavy atom. The number of hydrogen-bond donors (Lipinski definition) is 2. The summed E-state index contributed by atoms with van der Waals surface area (Å²) in [6.45, 7) is 4.01. The highest BCUT2D eigenvalue weighted by molar-refractivity contribution is 14.0. The maximum absolute atomic E-state index is 12.5. The molecule has 154 valence electrons. The van der Waals surface area contributed by atoms with Crippen LogP contribution in [0.4, 0.5) is 5.69 Å². The maximum atomic E-state index is 12.5. The summed E-state index contributed by atoms with van der Waals surface area (Å²) in [5, 5.41) is 3.00. The molecule has 0 aliphatic heterocycles. The number of nitrogens with zero attached hydrogens (tertiary/aromatic N) is 2. The van der Waals surface area contributed by atoms with Crippen LogP contribution in [0.3, 0.4) is 0 Å². The fourth-order valence-electron chi connectivity index (χ4n) is 2.25. The molecule has 0 atom stereocenters. The van der Waals surface area contributed by atoms with Crippen LogP contribution in [0.25, 0.3) is 0 Å². The first-order chi connectivity index (χ1) is 12.7. The van der Waals surface area contributed by atoms with Crippen LogP contribution in [0.1, 0.15) is 19.4 Å². The highest BCUT2D eigenvalue weighted by Gasteiger charge is 2.22. The summed E-state index contributed by atoms with van der Waals surface area (Å²) in [7, 11) is -0.303. The number of ether oxygens (including phenoxy) is 1. The number of anilines is 1. The van der Waals surface area contributed by atoms with E-state index >= 15 is 0 Å². The van der Waals surface area contributed by atoms with Gasteiger partial charge in [0.2, 0.25) is 10.0 Å². The predicted molar refractivity (Wildman–Crippen MR) is 124 cm³/mol. The predicted octanol–water partition coefficient (Wildman–Crippen LogP) is 3.27. The third-order valence-corrected chi connectivity index (χ3v) is 6.17. The molecular weight excluding hydrogens is 491 g/mol. The lowest BCUT2D eigenvalue weighted by Crippen LogP contribution is -2.33. The van der Waals surface area contributed by atoms with Crippen molar-refractivity contribution < 1.29 is 13.2 Å². The van der Waals surface area contributed by atoms with Crippen LogP contribution in [0.15, 0.2) is 58.4 Å². The van der Waals surface area contributed by atoms with E-state index in [-0.39, 0.29) is 40.9 Å². The monoisotopic (exact) mass is 518 g/mol. The van der Waals surface area contributed by atoms with Crippen LogP contribution in [-0.4, -0.2) is 38.9 Å². The average molecular weight is 518 g/mol. The summed E-state index contributed by atoms with van der Waals surface area (Å²) in [6, 6.07) is 13.9. The number of rotatable bonds is 7. The van der Waals surface area contributed by atoms with E-state index in [1.165, 1.54) is 4.31 Å². The molecule has 0 radical (unpaired) electrons. The van der Waals surface area contributed by atoms with Crippen LogP contribution in [-0.2, 0) is 16.6 Å². The van der Waals surface area contributed by atoms with Gasteiger partial charge in [-0.3, -0.25) is 0 Å². The Labute approximate surface area is 184 Å². The minimum Gasteiger partial charge on any atom is -0.497 e. The molecule has 0 aliphatic carbocycles. The Morgan fingerprint density at radius 3 is 2.21 bits per heavy atom. The summed E-state index contributed by atoms with van der Waals surface area (Å²) in [5.74, 6) is 1.03. The van der Waals surface area contributed by atoms with E-state index in [1.807, 2.05) is 38.1 Å². The van der Waals surface area contributed by atoms with Gasteiger partial charge in [-0.15, -0.1) is 24.0 Å². The van der Waals surface area contributed by atoms with Gasteiger partial charge in [0.05, 0.1) is 18.6 Å². The molecule has 0 saturated carbocycles. The van der Waals surface area contributed by atoms with Crippen molar-refractivity contribution in [3.05, 3.63) is 54.1 Å². The van der Waals surface area contributed by atoms with Gasteiger partial charge in [0, 0.05) is 18.8 Å². The molecule has 7 nitrogen and oxygen atoms in total. The molecule has 0 unspecified atom stereocenters. The number of benzene rings is 2. The number of guanidine groups is 1. The number of sulfonamides is 1. The zero-order valence-electron chi connectivity index (χ0n) is 16.4. The van der Waals surface area contributed by atoms with E-state index in [2.05, 4.69) is 10.3 Å². The standard InChI is InChI=1S/C19H26N4O3S.HI/c1-14(2)23(3)27(24,25)18-11-5-15(6-12-18)13-21-19(20)22-16-7-9-17(26-4)10-8-16;/h5-12,14H,13H2,1-4H3,(H3,20,21,22);1H. The quantitative estimate of drug-likeness (QED) is 0.333. The molecular formula is C19H27IN4O3S. The summed E-state index contributed by atoms with van der Waals surface area (Å²) in [4.78, 5) is 4.54. The topological polar surface area (TPSA) is 97.0 Å². The van der Waals surface area contributed by atoms with E-state index in [1.54, 1.807) is 38.4 Å². The number of hydrogen-bond acceptors (Lipinski definition) is 4. The second-order valence-electron chi connectivity index (χ2n) is 6.31. The fourth-order valence-corrected chi connectivity index (χ4v) is 3.62. The van der Waals surface area contributed by atoms with Crippen molar-refractivity contribution in [3.63, 3.8) is 0 Å². The van der Waals surface area contributed by atoms with Crippen molar-refractivity contribution in [2.24, 2.45) is 10.7 Å². The van der Waals surface area contributed by atoms with Gasteiger partial charge in [0.1, 0.15) is 5.75 Å². The smallest absolute Gasteiger partial charge is 0.243 e. The van der Waals surface area contributed by atoms with E-state index in [0.29, 0.717) is 6.54 Å². The number of halogens is 1. The molecule has 0 saturated heterocycles. The zero-order chi connectivity index (χ0) is 20.0. The normalized spacial score (nSPS) is 12.0. The van der Waals surface area contributed by atoms with E-state index in [0.717, 1.165) is 17.0 Å². The van der Waals surface area contributed by atoms with E-state index < -0.39 is 10.0 Å². The van der Waals surface area contributed by atoms with Crippen molar-refractivity contribution in [2.45, 2.75) is 31.3 Å². The average Bonchev–Trinajstić information content (AvgIpc) is 2.66. The Balaban J connectivity index is 0.00000392. The third kappa shape index (κ3) is 6.35. The first kappa shape index (κ1) is 24.2.